The Hall–Kier alpha value is -1.30. The molecule has 2 amide bonds. The van der Waals surface area contributed by atoms with Gasteiger partial charge in [0.2, 0.25) is 5.91 Å². The van der Waals surface area contributed by atoms with E-state index in [0.717, 1.165) is 4.47 Å². The number of rotatable bonds is 3. The third-order valence-electron chi connectivity index (χ3n) is 2.43. The van der Waals surface area contributed by atoms with Crippen LogP contribution in [0.4, 0.5) is 0 Å². The van der Waals surface area contributed by atoms with Gasteiger partial charge in [0, 0.05) is 30.3 Å². The van der Waals surface area contributed by atoms with Gasteiger partial charge in [-0.2, -0.15) is 0 Å². The first-order valence-electron chi connectivity index (χ1n) is 5.98. The molecule has 0 fully saturated rings. The first-order valence-corrected chi connectivity index (χ1v) is 6.78. The lowest BCUT2D eigenvalue weighted by Crippen LogP contribution is -2.46. The number of carbonyl (C=O) groups is 2. The van der Waals surface area contributed by atoms with Crippen LogP contribution in [0.2, 0.25) is 0 Å². The van der Waals surface area contributed by atoms with Crippen molar-refractivity contribution in [2.24, 2.45) is 7.05 Å². The Morgan fingerprint density at radius 1 is 1.42 bits per heavy atom. The van der Waals surface area contributed by atoms with E-state index in [0.29, 0.717) is 5.69 Å². The Balaban J connectivity index is 2.68. The number of carbonyl (C=O) groups excluding carboxylic acids is 2. The van der Waals surface area contributed by atoms with E-state index >= 15 is 0 Å². The van der Waals surface area contributed by atoms with Crippen LogP contribution >= 0.6 is 15.9 Å². The molecule has 1 N–H and O–H groups in total. The number of nitrogens with one attached hydrogen (secondary N) is 1. The molecule has 0 spiro atoms. The molecule has 0 bridgehead atoms. The van der Waals surface area contributed by atoms with Gasteiger partial charge in [-0.3, -0.25) is 9.59 Å². The molecular formula is C13H20BrN3O2. The normalized spacial score (nSPS) is 11.3. The molecule has 0 unspecified atom stereocenters. The largest absolute Gasteiger partial charge is 0.350 e. The first kappa shape index (κ1) is 15.8. The topological polar surface area (TPSA) is 54.3 Å². The van der Waals surface area contributed by atoms with Gasteiger partial charge in [-0.25, -0.2) is 0 Å². The molecule has 1 heterocycles. The Labute approximate surface area is 122 Å². The van der Waals surface area contributed by atoms with Crippen LogP contribution in [0.15, 0.2) is 16.7 Å². The summed E-state index contributed by atoms with van der Waals surface area (Å²) in [6.45, 7) is 5.75. The van der Waals surface area contributed by atoms with Crippen LogP contribution in [-0.4, -0.2) is 40.4 Å². The summed E-state index contributed by atoms with van der Waals surface area (Å²) in [6, 6.07) is 1.74. The third-order valence-corrected chi connectivity index (χ3v) is 2.87. The standard InChI is InChI=1S/C13H20BrN3O2/c1-13(2,3)15-11(18)8-17(5)12(19)10-6-9(14)7-16(10)4/h6-7H,8H2,1-5H3,(H,15,18). The molecule has 1 rings (SSSR count). The molecule has 106 valence electrons. The monoisotopic (exact) mass is 329 g/mol. The number of likely N-dealkylation sites (N-methyl/N-ethyl adjacent to an activating group) is 1. The zero-order valence-corrected chi connectivity index (χ0v) is 13.5. The smallest absolute Gasteiger partial charge is 0.270 e. The molecule has 1 aromatic rings. The molecule has 0 aliphatic carbocycles. The Morgan fingerprint density at radius 3 is 2.42 bits per heavy atom. The molecule has 1 aromatic heterocycles. The van der Waals surface area contributed by atoms with Crippen LogP contribution < -0.4 is 5.32 Å². The van der Waals surface area contributed by atoms with Crippen molar-refractivity contribution in [1.29, 1.82) is 0 Å². The van der Waals surface area contributed by atoms with Crippen LogP contribution in [0.3, 0.4) is 0 Å². The first-order chi connectivity index (χ1) is 8.60. The number of aromatic nitrogens is 1. The summed E-state index contributed by atoms with van der Waals surface area (Å²) in [4.78, 5) is 25.4. The summed E-state index contributed by atoms with van der Waals surface area (Å²) >= 11 is 3.32. The van der Waals surface area contributed by atoms with Gasteiger partial charge in [-0.1, -0.05) is 0 Å². The fourth-order valence-electron chi connectivity index (χ4n) is 1.68. The minimum atomic E-state index is -0.297. The van der Waals surface area contributed by atoms with E-state index in [1.807, 2.05) is 20.8 Å². The molecular weight excluding hydrogens is 310 g/mol. The highest BCUT2D eigenvalue weighted by Gasteiger charge is 2.20. The molecule has 0 atom stereocenters. The van der Waals surface area contributed by atoms with Gasteiger partial charge in [0.05, 0.1) is 6.54 Å². The van der Waals surface area contributed by atoms with Gasteiger partial charge >= 0.3 is 0 Å². The number of amides is 2. The fraction of sp³-hybridized carbons (Fsp3) is 0.538. The molecule has 0 aliphatic heterocycles. The minimum Gasteiger partial charge on any atom is -0.350 e. The highest BCUT2D eigenvalue weighted by molar-refractivity contribution is 9.10. The molecule has 19 heavy (non-hydrogen) atoms. The van der Waals surface area contributed by atoms with Crippen molar-refractivity contribution >= 4 is 27.7 Å². The highest BCUT2D eigenvalue weighted by atomic mass is 79.9. The highest BCUT2D eigenvalue weighted by Crippen LogP contribution is 2.15. The number of halogens is 1. The fourth-order valence-corrected chi connectivity index (χ4v) is 2.20. The summed E-state index contributed by atoms with van der Waals surface area (Å²) in [5.41, 5.74) is 0.243. The molecule has 6 heteroatoms. The molecule has 0 radical (unpaired) electrons. The maximum Gasteiger partial charge on any atom is 0.270 e. The van der Waals surface area contributed by atoms with Gasteiger partial charge in [-0.05, 0) is 42.8 Å². The van der Waals surface area contributed by atoms with Crippen molar-refractivity contribution in [3.05, 3.63) is 22.4 Å². The zero-order chi connectivity index (χ0) is 14.8. The van der Waals surface area contributed by atoms with E-state index in [2.05, 4.69) is 21.2 Å². The molecule has 5 nitrogen and oxygen atoms in total. The second-order valence-electron chi connectivity index (χ2n) is 5.61. The van der Waals surface area contributed by atoms with Gasteiger partial charge in [0.1, 0.15) is 5.69 Å². The summed E-state index contributed by atoms with van der Waals surface area (Å²) < 4.78 is 2.57. The molecule has 0 saturated heterocycles. The molecule has 0 aromatic carbocycles. The van der Waals surface area contributed by atoms with E-state index < -0.39 is 0 Å². The summed E-state index contributed by atoms with van der Waals surface area (Å²) in [6.07, 6.45) is 1.80. The second kappa shape index (κ2) is 5.77. The Morgan fingerprint density at radius 2 is 2.00 bits per heavy atom. The molecule has 0 saturated carbocycles. The zero-order valence-electron chi connectivity index (χ0n) is 12.0. The van der Waals surface area contributed by atoms with Gasteiger partial charge in [0.25, 0.3) is 5.91 Å². The predicted octanol–water partition coefficient (Wildman–Crippen LogP) is 1.77. The van der Waals surface area contributed by atoms with Gasteiger partial charge < -0.3 is 14.8 Å². The Bertz CT molecular complexity index is 489. The van der Waals surface area contributed by atoms with E-state index in [1.54, 1.807) is 30.9 Å². The van der Waals surface area contributed by atoms with Crippen molar-refractivity contribution in [1.82, 2.24) is 14.8 Å². The van der Waals surface area contributed by atoms with Crippen molar-refractivity contribution < 1.29 is 9.59 Å². The van der Waals surface area contributed by atoms with E-state index in [-0.39, 0.29) is 23.9 Å². The summed E-state index contributed by atoms with van der Waals surface area (Å²) in [7, 11) is 3.41. The summed E-state index contributed by atoms with van der Waals surface area (Å²) in [5, 5.41) is 2.83. The van der Waals surface area contributed by atoms with E-state index in [4.69, 9.17) is 0 Å². The maximum absolute atomic E-state index is 12.2. The maximum atomic E-state index is 12.2. The average molecular weight is 330 g/mol. The molecule has 0 aliphatic rings. The SMILES string of the molecule is CN(CC(=O)NC(C)(C)C)C(=O)c1cc(Br)cn1C. The van der Waals surface area contributed by atoms with Crippen molar-refractivity contribution in [2.45, 2.75) is 26.3 Å². The van der Waals surface area contributed by atoms with Gasteiger partial charge in [0.15, 0.2) is 0 Å². The predicted molar refractivity (Wildman–Crippen MR) is 78.0 cm³/mol. The number of aryl methyl sites for hydroxylation is 1. The number of nitrogens with zero attached hydrogens (tertiary/aromatic N) is 2. The second-order valence-corrected chi connectivity index (χ2v) is 6.53. The van der Waals surface area contributed by atoms with Crippen molar-refractivity contribution in [3.8, 4) is 0 Å². The van der Waals surface area contributed by atoms with Crippen LogP contribution in [0.5, 0.6) is 0 Å². The summed E-state index contributed by atoms with van der Waals surface area (Å²) in [5.74, 6) is -0.353. The van der Waals surface area contributed by atoms with Gasteiger partial charge in [-0.15, -0.1) is 0 Å². The van der Waals surface area contributed by atoms with E-state index in [9.17, 15) is 9.59 Å². The lowest BCUT2D eigenvalue weighted by atomic mass is 10.1. The van der Waals surface area contributed by atoms with Crippen LogP contribution in [0, 0.1) is 0 Å². The lowest BCUT2D eigenvalue weighted by Gasteiger charge is -2.23. The van der Waals surface area contributed by atoms with Crippen LogP contribution in [0.25, 0.3) is 0 Å². The quantitative estimate of drug-likeness (QED) is 0.918. The van der Waals surface area contributed by atoms with Crippen molar-refractivity contribution in [3.63, 3.8) is 0 Å². The van der Waals surface area contributed by atoms with E-state index in [1.165, 1.54) is 4.90 Å². The van der Waals surface area contributed by atoms with Crippen molar-refractivity contribution in [2.75, 3.05) is 13.6 Å². The minimum absolute atomic E-state index is 0.0406. The number of hydrogen-bond donors (Lipinski definition) is 1. The third kappa shape index (κ3) is 4.70. The Kier molecular flexibility index (Phi) is 4.79. The lowest BCUT2D eigenvalue weighted by molar-refractivity contribution is -0.122. The van der Waals surface area contributed by atoms with Crippen LogP contribution in [0.1, 0.15) is 31.3 Å². The average Bonchev–Trinajstić information content (AvgIpc) is 2.53. The number of hydrogen-bond acceptors (Lipinski definition) is 2. The van der Waals surface area contributed by atoms with Crippen LogP contribution in [-0.2, 0) is 11.8 Å².